The van der Waals surface area contributed by atoms with Crippen LogP contribution in [0.2, 0.25) is 0 Å². The summed E-state index contributed by atoms with van der Waals surface area (Å²) in [6.07, 6.45) is 0. The molecule has 0 spiro atoms. The number of hydrogen-bond donors (Lipinski definition) is 1. The maximum Gasteiger partial charge on any atom is 0.341 e. The first kappa shape index (κ1) is 20.0. The van der Waals surface area contributed by atoms with Gasteiger partial charge in [0.05, 0.1) is 6.61 Å². The number of hydrogen-bond acceptors (Lipinski definition) is 6. The number of benzene rings is 2. The zero-order valence-corrected chi connectivity index (χ0v) is 17.7. The van der Waals surface area contributed by atoms with Crippen LogP contribution in [0.3, 0.4) is 0 Å². The molecule has 0 fully saturated rings. The minimum Gasteiger partial charge on any atom is -0.462 e. The number of amides is 1. The molecule has 4 rings (SSSR count). The molecule has 2 aromatic carbocycles. The molecule has 2 heterocycles. The number of aryl methyl sites for hydroxylation is 2. The summed E-state index contributed by atoms with van der Waals surface area (Å²) >= 11 is 1.30. The van der Waals surface area contributed by atoms with Crippen LogP contribution in [-0.4, -0.2) is 25.3 Å². The van der Waals surface area contributed by atoms with Gasteiger partial charge in [0.2, 0.25) is 6.79 Å². The fourth-order valence-electron chi connectivity index (χ4n) is 3.38. The predicted molar refractivity (Wildman–Crippen MR) is 116 cm³/mol. The highest BCUT2D eigenvalue weighted by atomic mass is 32.1. The SMILES string of the molecule is CCOC(=O)c1c(-c2ccc(C)cc2C)csc1NC(=O)c1ccc2c(c1)OCO2. The zero-order chi connectivity index (χ0) is 21.3. The predicted octanol–water partition coefficient (Wildman–Crippen LogP) is 5.19. The first-order valence-electron chi connectivity index (χ1n) is 9.55. The molecule has 1 aromatic heterocycles. The third kappa shape index (κ3) is 3.76. The molecule has 154 valence electrons. The minimum absolute atomic E-state index is 0.137. The number of fused-ring (bicyclic) bond motifs is 1. The maximum absolute atomic E-state index is 12.9. The summed E-state index contributed by atoms with van der Waals surface area (Å²) in [4.78, 5) is 25.6. The molecule has 0 saturated heterocycles. The Kier molecular flexibility index (Phi) is 5.46. The molecule has 3 aromatic rings. The molecule has 0 unspecified atom stereocenters. The van der Waals surface area contributed by atoms with Crippen molar-refractivity contribution >= 4 is 28.2 Å². The van der Waals surface area contributed by atoms with Gasteiger partial charge in [-0.3, -0.25) is 4.79 Å². The molecule has 0 aliphatic carbocycles. The molecule has 6 nitrogen and oxygen atoms in total. The lowest BCUT2D eigenvalue weighted by molar-refractivity contribution is 0.0529. The molecule has 1 N–H and O–H groups in total. The molecule has 1 aliphatic heterocycles. The van der Waals surface area contributed by atoms with Gasteiger partial charge in [0.1, 0.15) is 10.6 Å². The van der Waals surface area contributed by atoms with Crippen molar-refractivity contribution in [2.75, 3.05) is 18.7 Å². The third-order valence-electron chi connectivity index (χ3n) is 4.80. The highest BCUT2D eigenvalue weighted by molar-refractivity contribution is 7.15. The van der Waals surface area contributed by atoms with Crippen LogP contribution in [0.5, 0.6) is 11.5 Å². The summed E-state index contributed by atoms with van der Waals surface area (Å²) in [5.41, 5.74) is 4.64. The number of nitrogens with one attached hydrogen (secondary N) is 1. The molecule has 0 radical (unpaired) electrons. The van der Waals surface area contributed by atoms with Gasteiger partial charge in [-0.15, -0.1) is 11.3 Å². The Hall–Kier alpha value is -3.32. The van der Waals surface area contributed by atoms with Crippen molar-refractivity contribution in [3.05, 3.63) is 64.0 Å². The van der Waals surface area contributed by atoms with Crippen molar-refractivity contribution in [1.82, 2.24) is 0 Å². The summed E-state index contributed by atoms with van der Waals surface area (Å²) < 4.78 is 15.9. The number of carbonyl (C=O) groups is 2. The number of anilines is 1. The Bertz CT molecular complexity index is 1130. The van der Waals surface area contributed by atoms with E-state index in [1.807, 2.05) is 31.4 Å². The molecule has 1 amide bonds. The fourth-order valence-corrected chi connectivity index (χ4v) is 4.33. The van der Waals surface area contributed by atoms with E-state index >= 15 is 0 Å². The molecule has 0 saturated carbocycles. The van der Waals surface area contributed by atoms with Crippen LogP contribution in [0.15, 0.2) is 41.8 Å². The van der Waals surface area contributed by atoms with Crippen LogP contribution in [0.1, 0.15) is 38.8 Å². The van der Waals surface area contributed by atoms with E-state index in [4.69, 9.17) is 14.2 Å². The smallest absolute Gasteiger partial charge is 0.341 e. The van der Waals surface area contributed by atoms with E-state index in [2.05, 4.69) is 11.4 Å². The van der Waals surface area contributed by atoms with Crippen molar-refractivity contribution < 1.29 is 23.8 Å². The minimum atomic E-state index is -0.463. The van der Waals surface area contributed by atoms with Gasteiger partial charge in [0.25, 0.3) is 5.91 Å². The van der Waals surface area contributed by atoms with E-state index in [0.717, 1.165) is 22.3 Å². The van der Waals surface area contributed by atoms with Crippen molar-refractivity contribution in [2.45, 2.75) is 20.8 Å². The van der Waals surface area contributed by atoms with Gasteiger partial charge in [-0.25, -0.2) is 4.79 Å². The second-order valence-electron chi connectivity index (χ2n) is 6.91. The lowest BCUT2D eigenvalue weighted by Crippen LogP contribution is -2.15. The van der Waals surface area contributed by atoms with Gasteiger partial charge in [-0.2, -0.15) is 0 Å². The number of thiophene rings is 1. The molecular weight excluding hydrogens is 402 g/mol. The molecule has 0 atom stereocenters. The molecule has 1 aliphatic rings. The van der Waals surface area contributed by atoms with Crippen LogP contribution in [0.25, 0.3) is 11.1 Å². The lowest BCUT2D eigenvalue weighted by Gasteiger charge is -2.11. The van der Waals surface area contributed by atoms with Gasteiger partial charge in [-0.05, 0) is 50.1 Å². The van der Waals surface area contributed by atoms with E-state index in [0.29, 0.717) is 27.6 Å². The normalized spacial score (nSPS) is 12.0. The summed E-state index contributed by atoms with van der Waals surface area (Å²) in [5, 5.41) is 5.18. The lowest BCUT2D eigenvalue weighted by atomic mass is 9.97. The summed E-state index contributed by atoms with van der Waals surface area (Å²) in [7, 11) is 0. The zero-order valence-electron chi connectivity index (χ0n) is 16.9. The number of esters is 1. The summed E-state index contributed by atoms with van der Waals surface area (Å²) in [6.45, 7) is 6.16. The fraction of sp³-hybridized carbons (Fsp3) is 0.217. The van der Waals surface area contributed by atoms with Crippen molar-refractivity contribution in [1.29, 1.82) is 0 Å². The van der Waals surface area contributed by atoms with E-state index in [9.17, 15) is 9.59 Å². The molecular formula is C23H21NO5S. The van der Waals surface area contributed by atoms with E-state index in [1.165, 1.54) is 11.3 Å². The average Bonchev–Trinajstić information content (AvgIpc) is 3.34. The van der Waals surface area contributed by atoms with Gasteiger partial charge < -0.3 is 19.5 Å². The van der Waals surface area contributed by atoms with Crippen molar-refractivity contribution in [3.63, 3.8) is 0 Å². The van der Waals surface area contributed by atoms with E-state index in [1.54, 1.807) is 25.1 Å². The topological polar surface area (TPSA) is 73.9 Å². The molecule has 0 bridgehead atoms. The van der Waals surface area contributed by atoms with Crippen LogP contribution in [-0.2, 0) is 4.74 Å². The largest absolute Gasteiger partial charge is 0.462 e. The second-order valence-corrected chi connectivity index (χ2v) is 7.79. The Balaban J connectivity index is 1.70. The van der Waals surface area contributed by atoms with Gasteiger partial charge in [-0.1, -0.05) is 23.8 Å². The average molecular weight is 423 g/mol. The molecule has 7 heteroatoms. The monoisotopic (exact) mass is 423 g/mol. The van der Waals surface area contributed by atoms with Gasteiger partial charge >= 0.3 is 5.97 Å². The Labute approximate surface area is 178 Å². The van der Waals surface area contributed by atoms with Crippen LogP contribution >= 0.6 is 11.3 Å². The number of ether oxygens (including phenoxy) is 3. The standard InChI is InChI=1S/C23H21NO5S/c1-4-27-23(26)20-17(16-7-5-13(2)9-14(16)3)11-30-22(20)24-21(25)15-6-8-18-19(10-15)29-12-28-18/h5-11H,4,12H2,1-3H3,(H,24,25). The van der Waals surface area contributed by atoms with E-state index in [-0.39, 0.29) is 19.3 Å². The Morgan fingerprint density at radius 1 is 1.07 bits per heavy atom. The Morgan fingerprint density at radius 2 is 1.87 bits per heavy atom. The Morgan fingerprint density at radius 3 is 2.63 bits per heavy atom. The third-order valence-corrected chi connectivity index (χ3v) is 5.70. The van der Waals surface area contributed by atoms with Crippen LogP contribution < -0.4 is 14.8 Å². The van der Waals surface area contributed by atoms with Crippen LogP contribution in [0, 0.1) is 13.8 Å². The highest BCUT2D eigenvalue weighted by Crippen LogP contribution is 2.38. The van der Waals surface area contributed by atoms with Gasteiger partial charge in [0, 0.05) is 16.5 Å². The van der Waals surface area contributed by atoms with Crippen molar-refractivity contribution in [3.8, 4) is 22.6 Å². The maximum atomic E-state index is 12.9. The quantitative estimate of drug-likeness (QED) is 0.572. The van der Waals surface area contributed by atoms with Crippen molar-refractivity contribution in [2.24, 2.45) is 0 Å². The first-order chi connectivity index (χ1) is 14.5. The first-order valence-corrected chi connectivity index (χ1v) is 10.4. The molecule has 30 heavy (non-hydrogen) atoms. The summed E-state index contributed by atoms with van der Waals surface area (Å²) in [5.74, 6) is 0.324. The second kappa shape index (κ2) is 8.20. The number of carbonyl (C=O) groups excluding carboxylic acids is 2. The summed E-state index contributed by atoms with van der Waals surface area (Å²) in [6, 6.07) is 11.0. The number of rotatable bonds is 5. The van der Waals surface area contributed by atoms with Gasteiger partial charge in [0.15, 0.2) is 11.5 Å². The van der Waals surface area contributed by atoms with Crippen LogP contribution in [0.4, 0.5) is 5.00 Å². The van der Waals surface area contributed by atoms with E-state index < -0.39 is 5.97 Å². The highest BCUT2D eigenvalue weighted by Gasteiger charge is 2.24.